The Morgan fingerprint density at radius 2 is 1.85 bits per heavy atom. The van der Waals surface area contributed by atoms with E-state index in [0.29, 0.717) is 40.4 Å². The van der Waals surface area contributed by atoms with E-state index in [9.17, 15) is 13.9 Å². The third-order valence-corrected chi connectivity index (χ3v) is 6.29. The molecule has 2 N–H and O–H groups in total. The highest BCUT2D eigenvalue weighted by Gasteiger charge is 2.36. The Morgan fingerprint density at radius 1 is 1.09 bits per heavy atom. The van der Waals surface area contributed by atoms with Crippen molar-refractivity contribution in [2.75, 3.05) is 11.9 Å². The van der Waals surface area contributed by atoms with Gasteiger partial charge in [-0.25, -0.2) is 8.78 Å². The summed E-state index contributed by atoms with van der Waals surface area (Å²) in [5, 5.41) is 21.6. The monoisotopic (exact) mass is 455 g/mol. The lowest BCUT2D eigenvalue weighted by Crippen LogP contribution is -2.36. The van der Waals surface area contributed by atoms with Gasteiger partial charge in [0, 0.05) is 23.6 Å². The lowest BCUT2D eigenvalue weighted by Gasteiger charge is -2.35. The van der Waals surface area contributed by atoms with Crippen molar-refractivity contribution in [1.29, 1.82) is 0 Å². The molecule has 0 saturated heterocycles. The number of nitrogens with zero attached hydrogens (tertiary/aromatic N) is 4. The van der Waals surface area contributed by atoms with Crippen molar-refractivity contribution in [2.45, 2.75) is 46.2 Å². The number of hydrogen-bond acceptors (Lipinski definition) is 4. The van der Waals surface area contributed by atoms with Crippen LogP contribution in [0.4, 0.5) is 18.9 Å². The second kappa shape index (κ2) is 7.34. The summed E-state index contributed by atoms with van der Waals surface area (Å²) < 4.78 is 48.2. The van der Waals surface area contributed by atoms with E-state index in [1.54, 1.807) is 0 Å². The molecule has 1 aliphatic rings. The van der Waals surface area contributed by atoms with Gasteiger partial charge in [0.25, 0.3) is 0 Å². The van der Waals surface area contributed by atoms with Crippen molar-refractivity contribution in [3.63, 3.8) is 0 Å². The smallest absolute Gasteiger partial charge is 0.194 e. The van der Waals surface area contributed by atoms with Gasteiger partial charge in [0.15, 0.2) is 11.8 Å². The molecule has 0 aliphatic carbocycles. The number of aryl methyl sites for hydroxylation is 1. The first-order valence-corrected chi connectivity index (χ1v) is 10.8. The molecule has 0 unspecified atom stereocenters. The van der Waals surface area contributed by atoms with Crippen molar-refractivity contribution in [3.8, 4) is 16.8 Å². The number of aromatic nitrogens is 4. The first kappa shape index (κ1) is 21.5. The zero-order valence-corrected chi connectivity index (χ0v) is 18.8. The fourth-order valence-corrected chi connectivity index (χ4v) is 4.93. The van der Waals surface area contributed by atoms with Crippen LogP contribution in [0.3, 0.4) is 0 Å². The van der Waals surface area contributed by atoms with Crippen LogP contribution in [0.25, 0.3) is 27.7 Å². The van der Waals surface area contributed by atoms with Crippen LogP contribution in [0.1, 0.15) is 38.0 Å². The Kier molecular flexibility index (Phi) is 4.79. The van der Waals surface area contributed by atoms with Gasteiger partial charge in [-0.05, 0) is 56.5 Å². The highest BCUT2D eigenvalue weighted by atomic mass is 19.1. The van der Waals surface area contributed by atoms with E-state index < -0.39 is 23.1 Å². The molecule has 6 nitrogen and oxygen atoms in total. The van der Waals surface area contributed by atoms with Crippen LogP contribution in [0.2, 0.25) is 0 Å². The zero-order valence-electron chi connectivity index (χ0n) is 18.8. The van der Waals surface area contributed by atoms with Crippen LogP contribution in [0.15, 0.2) is 24.3 Å². The van der Waals surface area contributed by atoms with Gasteiger partial charge in [-0.2, -0.15) is 4.39 Å². The number of anilines is 1. The predicted molar refractivity (Wildman–Crippen MR) is 120 cm³/mol. The zero-order chi connectivity index (χ0) is 23.7. The highest BCUT2D eigenvalue weighted by Crippen LogP contribution is 2.45. The van der Waals surface area contributed by atoms with Gasteiger partial charge in [0.05, 0.1) is 29.0 Å². The number of hydrogen-bond donors (Lipinski definition) is 2. The minimum Gasteiger partial charge on any atom is -0.395 e. The minimum absolute atomic E-state index is 0.0339. The van der Waals surface area contributed by atoms with Crippen molar-refractivity contribution in [1.82, 2.24) is 19.3 Å². The fourth-order valence-electron chi connectivity index (χ4n) is 4.93. The molecular weight excluding hydrogens is 431 g/mol. The summed E-state index contributed by atoms with van der Waals surface area (Å²) in [6.07, 6.45) is 0.437. The number of rotatable bonds is 4. The maximum atomic E-state index is 15.7. The van der Waals surface area contributed by atoms with Gasteiger partial charge in [-0.15, -0.1) is 10.2 Å². The Morgan fingerprint density at radius 3 is 2.55 bits per heavy atom. The van der Waals surface area contributed by atoms with Gasteiger partial charge in [-0.1, -0.05) is 6.92 Å². The minimum atomic E-state index is -0.623. The maximum absolute atomic E-state index is 15.7. The van der Waals surface area contributed by atoms with Gasteiger partial charge >= 0.3 is 0 Å². The average Bonchev–Trinajstić information content (AvgIpc) is 3.28. The second-order valence-corrected chi connectivity index (χ2v) is 8.85. The number of aliphatic hydroxyl groups is 1. The molecule has 33 heavy (non-hydrogen) atoms. The first-order valence-electron chi connectivity index (χ1n) is 10.8. The number of nitrogens with one attached hydrogen (secondary N) is 1. The van der Waals surface area contributed by atoms with Crippen molar-refractivity contribution in [3.05, 3.63) is 59.1 Å². The van der Waals surface area contributed by atoms with Gasteiger partial charge in [0.1, 0.15) is 17.5 Å². The quantitative estimate of drug-likeness (QED) is 0.463. The molecule has 9 heteroatoms. The molecule has 2 aromatic heterocycles. The van der Waals surface area contributed by atoms with E-state index in [4.69, 9.17) is 0 Å². The number of benzene rings is 2. The summed E-state index contributed by atoms with van der Waals surface area (Å²) in [7, 11) is 0. The van der Waals surface area contributed by atoms with Gasteiger partial charge in [0.2, 0.25) is 0 Å². The van der Waals surface area contributed by atoms with E-state index in [-0.39, 0.29) is 29.8 Å². The standard InChI is InChI=1S/C24H24F3N5O/c1-5-14-21(16-8-13(25)9-19-15(16)10-20(27)31(19)6-7-33)17(26)11-18-22(14)32-12(2)29-30-23(32)24(3,4)28-18/h8-11,28,33H,5-7H2,1-4H3. The van der Waals surface area contributed by atoms with Crippen LogP contribution in [0, 0.1) is 24.5 Å². The molecule has 4 aromatic rings. The number of fused-ring (bicyclic) bond motifs is 4. The Balaban J connectivity index is 1.87. The van der Waals surface area contributed by atoms with Crippen molar-refractivity contribution >= 4 is 16.6 Å². The van der Waals surface area contributed by atoms with Crippen molar-refractivity contribution in [2.24, 2.45) is 0 Å². The second-order valence-electron chi connectivity index (χ2n) is 8.85. The summed E-state index contributed by atoms with van der Waals surface area (Å²) in [6, 6.07) is 5.08. The van der Waals surface area contributed by atoms with Crippen LogP contribution < -0.4 is 5.32 Å². The van der Waals surface area contributed by atoms with E-state index >= 15 is 4.39 Å². The normalized spacial score (nSPS) is 14.3. The Bertz CT molecular complexity index is 1420. The molecule has 0 fully saturated rings. The van der Waals surface area contributed by atoms with E-state index in [1.165, 1.54) is 28.8 Å². The molecule has 0 radical (unpaired) electrons. The largest absolute Gasteiger partial charge is 0.395 e. The van der Waals surface area contributed by atoms with Crippen LogP contribution in [0.5, 0.6) is 0 Å². The average molecular weight is 455 g/mol. The molecule has 172 valence electrons. The van der Waals surface area contributed by atoms with Gasteiger partial charge < -0.3 is 15.0 Å². The van der Waals surface area contributed by atoms with Crippen molar-refractivity contribution < 1.29 is 18.3 Å². The molecule has 2 aromatic carbocycles. The Labute approximate surface area is 188 Å². The van der Waals surface area contributed by atoms with Crippen LogP contribution >= 0.6 is 0 Å². The van der Waals surface area contributed by atoms with E-state index in [0.717, 1.165) is 0 Å². The van der Waals surface area contributed by atoms with Crippen LogP contribution in [-0.2, 0) is 18.5 Å². The third kappa shape index (κ3) is 3.06. The molecule has 0 bridgehead atoms. The van der Waals surface area contributed by atoms with E-state index in [1.807, 2.05) is 32.3 Å². The first-order chi connectivity index (χ1) is 15.7. The molecule has 1 aliphatic heterocycles. The molecule has 0 atom stereocenters. The molecule has 3 heterocycles. The lowest BCUT2D eigenvalue weighted by molar-refractivity contribution is 0.270. The lowest BCUT2D eigenvalue weighted by atomic mass is 9.90. The predicted octanol–water partition coefficient (Wildman–Crippen LogP) is 4.83. The maximum Gasteiger partial charge on any atom is 0.194 e. The SMILES string of the molecule is CCc1c(-c2cc(F)cc3c2cc(F)n3CCO)c(F)cc2c1-n1c(C)nnc1C(C)(C)N2. The summed E-state index contributed by atoms with van der Waals surface area (Å²) >= 11 is 0. The van der Waals surface area contributed by atoms with Gasteiger partial charge in [-0.3, -0.25) is 4.57 Å². The summed E-state index contributed by atoms with van der Waals surface area (Å²) in [4.78, 5) is 0. The summed E-state index contributed by atoms with van der Waals surface area (Å²) in [6.45, 7) is 7.26. The number of halogens is 3. The summed E-state index contributed by atoms with van der Waals surface area (Å²) in [5.74, 6) is -0.440. The number of aliphatic hydroxyl groups excluding tert-OH is 1. The van der Waals surface area contributed by atoms with Crippen LogP contribution in [-0.4, -0.2) is 31.0 Å². The fraction of sp³-hybridized carbons (Fsp3) is 0.333. The highest BCUT2D eigenvalue weighted by molar-refractivity contribution is 5.98. The molecule has 5 rings (SSSR count). The van der Waals surface area contributed by atoms with E-state index in [2.05, 4.69) is 15.5 Å². The molecule has 0 saturated carbocycles. The summed E-state index contributed by atoms with van der Waals surface area (Å²) in [5.41, 5.74) is 2.08. The molecular formula is C24H24F3N5O. The third-order valence-electron chi connectivity index (χ3n) is 6.29. The Hall–Kier alpha value is -3.33. The molecule has 0 amide bonds. The molecule has 0 spiro atoms. The topological polar surface area (TPSA) is 67.9 Å².